The standard InChI is InChI=1S/C15H26N2O/c1-4-12(2)9-17(3)10-15-7-13(11-18-15)8-16-14-5-6-14/h7,11-12,14,16H,4-6,8-10H2,1-3H3. The molecule has 3 nitrogen and oxygen atoms in total. The molecule has 0 aliphatic heterocycles. The molecule has 0 saturated heterocycles. The van der Waals surface area contributed by atoms with Gasteiger partial charge in [-0.1, -0.05) is 20.3 Å². The first-order valence-electron chi connectivity index (χ1n) is 7.15. The van der Waals surface area contributed by atoms with Crippen LogP contribution in [-0.2, 0) is 13.1 Å². The van der Waals surface area contributed by atoms with Gasteiger partial charge in [0.25, 0.3) is 0 Å². The molecule has 0 aromatic carbocycles. The average Bonchev–Trinajstić information content (AvgIpc) is 3.07. The highest BCUT2D eigenvalue weighted by atomic mass is 16.3. The molecule has 1 aliphatic rings. The molecule has 1 N–H and O–H groups in total. The van der Waals surface area contributed by atoms with Crippen molar-refractivity contribution in [2.45, 2.75) is 52.2 Å². The topological polar surface area (TPSA) is 28.4 Å². The van der Waals surface area contributed by atoms with Gasteiger partial charge in [0.2, 0.25) is 0 Å². The third-order valence-electron chi connectivity index (χ3n) is 3.63. The molecule has 3 heteroatoms. The summed E-state index contributed by atoms with van der Waals surface area (Å²) >= 11 is 0. The highest BCUT2D eigenvalue weighted by molar-refractivity contribution is 5.13. The van der Waals surface area contributed by atoms with E-state index in [9.17, 15) is 0 Å². The molecule has 18 heavy (non-hydrogen) atoms. The molecule has 0 bridgehead atoms. The summed E-state index contributed by atoms with van der Waals surface area (Å²) in [5, 5.41) is 3.51. The smallest absolute Gasteiger partial charge is 0.118 e. The van der Waals surface area contributed by atoms with Crippen molar-refractivity contribution in [1.82, 2.24) is 10.2 Å². The second-order valence-electron chi connectivity index (χ2n) is 5.79. The lowest BCUT2D eigenvalue weighted by molar-refractivity contribution is 0.254. The van der Waals surface area contributed by atoms with Crippen LogP contribution in [0.25, 0.3) is 0 Å². The minimum absolute atomic E-state index is 0.751. The van der Waals surface area contributed by atoms with Gasteiger partial charge in [-0.25, -0.2) is 0 Å². The van der Waals surface area contributed by atoms with E-state index in [0.717, 1.165) is 37.4 Å². The molecule has 0 spiro atoms. The SMILES string of the molecule is CCC(C)CN(C)Cc1cc(CNC2CC2)co1. The number of nitrogens with zero attached hydrogens (tertiary/aromatic N) is 1. The second-order valence-corrected chi connectivity index (χ2v) is 5.79. The number of hydrogen-bond donors (Lipinski definition) is 1. The first kappa shape index (κ1) is 13.6. The van der Waals surface area contributed by atoms with E-state index in [-0.39, 0.29) is 0 Å². The summed E-state index contributed by atoms with van der Waals surface area (Å²) in [5.41, 5.74) is 1.27. The van der Waals surface area contributed by atoms with Crippen LogP contribution in [0.4, 0.5) is 0 Å². The van der Waals surface area contributed by atoms with Gasteiger partial charge in [0.15, 0.2) is 0 Å². The lowest BCUT2D eigenvalue weighted by Gasteiger charge is -2.18. The Hall–Kier alpha value is -0.800. The summed E-state index contributed by atoms with van der Waals surface area (Å²) < 4.78 is 5.62. The van der Waals surface area contributed by atoms with Gasteiger partial charge >= 0.3 is 0 Å². The van der Waals surface area contributed by atoms with Gasteiger partial charge in [-0.2, -0.15) is 0 Å². The Morgan fingerprint density at radius 2 is 2.28 bits per heavy atom. The molecule has 1 aromatic heterocycles. The van der Waals surface area contributed by atoms with E-state index >= 15 is 0 Å². The molecule has 1 atom stereocenters. The van der Waals surface area contributed by atoms with Gasteiger partial charge in [0.1, 0.15) is 5.76 Å². The van der Waals surface area contributed by atoms with Crippen molar-refractivity contribution in [2.75, 3.05) is 13.6 Å². The Morgan fingerprint density at radius 1 is 1.50 bits per heavy atom. The highest BCUT2D eigenvalue weighted by Gasteiger charge is 2.20. The molecule has 1 unspecified atom stereocenters. The lowest BCUT2D eigenvalue weighted by Crippen LogP contribution is -2.23. The number of furan rings is 1. The van der Waals surface area contributed by atoms with Crippen molar-refractivity contribution < 1.29 is 4.42 Å². The van der Waals surface area contributed by atoms with E-state index in [2.05, 4.69) is 37.2 Å². The van der Waals surface area contributed by atoms with Crippen LogP contribution in [-0.4, -0.2) is 24.5 Å². The average molecular weight is 250 g/mol. The molecule has 1 aliphatic carbocycles. The fraction of sp³-hybridized carbons (Fsp3) is 0.733. The zero-order valence-corrected chi connectivity index (χ0v) is 11.9. The quantitative estimate of drug-likeness (QED) is 0.769. The minimum atomic E-state index is 0.751. The normalized spacial score (nSPS) is 17.3. The lowest BCUT2D eigenvalue weighted by atomic mass is 10.1. The van der Waals surface area contributed by atoms with Crippen LogP contribution in [0.15, 0.2) is 16.7 Å². The molecular formula is C15H26N2O. The molecular weight excluding hydrogens is 224 g/mol. The Bertz CT molecular complexity index is 357. The van der Waals surface area contributed by atoms with E-state index in [1.807, 2.05) is 6.26 Å². The van der Waals surface area contributed by atoms with Crippen LogP contribution in [0, 0.1) is 5.92 Å². The molecule has 102 valence electrons. The zero-order chi connectivity index (χ0) is 13.0. The Labute approximate surface area is 111 Å². The zero-order valence-electron chi connectivity index (χ0n) is 11.9. The van der Waals surface area contributed by atoms with Crippen LogP contribution < -0.4 is 5.32 Å². The number of rotatable bonds is 8. The predicted octanol–water partition coefficient (Wildman–Crippen LogP) is 3.01. The largest absolute Gasteiger partial charge is 0.468 e. The van der Waals surface area contributed by atoms with Crippen LogP contribution >= 0.6 is 0 Å². The first-order chi connectivity index (χ1) is 8.67. The van der Waals surface area contributed by atoms with Crippen LogP contribution in [0.2, 0.25) is 0 Å². The first-order valence-corrected chi connectivity index (χ1v) is 7.15. The van der Waals surface area contributed by atoms with Gasteiger partial charge in [-0.05, 0) is 31.9 Å². The van der Waals surface area contributed by atoms with E-state index in [0.29, 0.717) is 0 Å². The van der Waals surface area contributed by atoms with Crippen molar-refractivity contribution >= 4 is 0 Å². The fourth-order valence-corrected chi connectivity index (χ4v) is 2.14. The van der Waals surface area contributed by atoms with E-state index in [4.69, 9.17) is 4.42 Å². The minimum Gasteiger partial charge on any atom is -0.468 e. The molecule has 0 radical (unpaired) electrons. The highest BCUT2D eigenvalue weighted by Crippen LogP contribution is 2.20. The molecule has 1 saturated carbocycles. The van der Waals surface area contributed by atoms with Crippen molar-refractivity contribution in [2.24, 2.45) is 5.92 Å². The summed E-state index contributed by atoms with van der Waals surface area (Å²) in [4.78, 5) is 2.34. The maximum atomic E-state index is 5.62. The molecule has 0 amide bonds. The maximum absolute atomic E-state index is 5.62. The van der Waals surface area contributed by atoms with Gasteiger partial charge in [-0.15, -0.1) is 0 Å². The Kier molecular flexibility index (Phi) is 4.84. The molecule has 1 aromatic rings. The van der Waals surface area contributed by atoms with Crippen LogP contribution in [0.5, 0.6) is 0 Å². The van der Waals surface area contributed by atoms with Gasteiger partial charge in [-0.3, -0.25) is 4.90 Å². The van der Waals surface area contributed by atoms with E-state index in [1.54, 1.807) is 0 Å². The fourth-order valence-electron chi connectivity index (χ4n) is 2.14. The third kappa shape index (κ3) is 4.46. The Morgan fingerprint density at radius 3 is 2.94 bits per heavy atom. The summed E-state index contributed by atoms with van der Waals surface area (Å²) in [6.07, 6.45) is 5.80. The number of nitrogens with one attached hydrogen (secondary N) is 1. The monoisotopic (exact) mass is 250 g/mol. The van der Waals surface area contributed by atoms with Gasteiger partial charge in [0, 0.05) is 24.7 Å². The summed E-state index contributed by atoms with van der Waals surface area (Å²) in [7, 11) is 2.16. The summed E-state index contributed by atoms with van der Waals surface area (Å²) in [6.45, 7) is 7.53. The van der Waals surface area contributed by atoms with Crippen molar-refractivity contribution in [1.29, 1.82) is 0 Å². The van der Waals surface area contributed by atoms with Gasteiger partial charge < -0.3 is 9.73 Å². The molecule has 2 rings (SSSR count). The Balaban J connectivity index is 1.74. The van der Waals surface area contributed by atoms with E-state index < -0.39 is 0 Å². The molecule has 1 fully saturated rings. The second kappa shape index (κ2) is 6.39. The predicted molar refractivity (Wildman–Crippen MR) is 74.4 cm³/mol. The molecule has 1 heterocycles. The summed E-state index contributed by atoms with van der Waals surface area (Å²) in [5.74, 6) is 1.83. The van der Waals surface area contributed by atoms with Crippen molar-refractivity contribution in [3.8, 4) is 0 Å². The van der Waals surface area contributed by atoms with E-state index in [1.165, 1.54) is 24.8 Å². The van der Waals surface area contributed by atoms with Crippen molar-refractivity contribution in [3.63, 3.8) is 0 Å². The maximum Gasteiger partial charge on any atom is 0.118 e. The van der Waals surface area contributed by atoms with Crippen LogP contribution in [0.3, 0.4) is 0 Å². The van der Waals surface area contributed by atoms with Gasteiger partial charge in [0.05, 0.1) is 12.8 Å². The van der Waals surface area contributed by atoms with Crippen LogP contribution in [0.1, 0.15) is 44.4 Å². The third-order valence-corrected chi connectivity index (χ3v) is 3.63. The number of hydrogen-bond acceptors (Lipinski definition) is 3. The summed E-state index contributed by atoms with van der Waals surface area (Å²) in [6, 6.07) is 2.94. The van der Waals surface area contributed by atoms with Crippen molar-refractivity contribution in [3.05, 3.63) is 23.7 Å².